The summed E-state index contributed by atoms with van der Waals surface area (Å²) in [5.74, 6) is -9.19. The second-order valence-corrected chi connectivity index (χ2v) is 24.3. The number of H-pyrrole nitrogens is 1. The number of aliphatic hydroxyl groups is 1. The number of nitrogens with one attached hydrogen (secondary N) is 9. The zero-order valence-electron chi connectivity index (χ0n) is 48.9. The molecule has 0 spiro atoms. The number of unbranched alkanes of at least 4 members (excludes halogenated alkanes) is 1. The third-order valence-electron chi connectivity index (χ3n) is 14.8. The lowest BCUT2D eigenvalue weighted by molar-refractivity contribution is -0.141. The lowest BCUT2D eigenvalue weighted by Crippen LogP contribution is -2.62. The van der Waals surface area contributed by atoms with E-state index in [-0.39, 0.29) is 62.3 Å². The van der Waals surface area contributed by atoms with Crippen LogP contribution in [-0.4, -0.2) is 152 Å². The fraction of sp³-hybridized carbons (Fsp3) is 0.349. The van der Waals surface area contributed by atoms with Crippen LogP contribution in [0.25, 0.3) is 10.9 Å². The van der Waals surface area contributed by atoms with Crippen LogP contribution in [0.5, 0.6) is 5.75 Å². The molecule has 8 amide bonds. The zero-order chi connectivity index (χ0) is 64.0. The van der Waals surface area contributed by atoms with Gasteiger partial charge in [0.15, 0.2) is 0 Å². The molecule has 0 unspecified atom stereocenters. The summed E-state index contributed by atoms with van der Waals surface area (Å²) in [5, 5.41) is 53.7. The second kappa shape index (κ2) is 33.4. The molecule has 1 aliphatic rings. The number of nitrogens with two attached hydrogens (primary N) is 3. The van der Waals surface area contributed by atoms with Crippen LogP contribution in [0, 0.1) is 0 Å². The van der Waals surface area contributed by atoms with Gasteiger partial charge in [0.2, 0.25) is 47.3 Å². The van der Waals surface area contributed by atoms with Crippen LogP contribution < -0.4 is 59.7 Å². The van der Waals surface area contributed by atoms with E-state index >= 15 is 14.4 Å². The molecule has 18 N–H and O–H groups in total. The lowest BCUT2D eigenvalue weighted by atomic mass is 10.00. The molecule has 10 atom stereocenters. The Morgan fingerprint density at radius 3 is 1.63 bits per heavy atom. The number of carbonyl (C=O) groups excluding carboxylic acids is 8. The van der Waals surface area contributed by atoms with E-state index in [1.807, 2.05) is 18.2 Å². The summed E-state index contributed by atoms with van der Waals surface area (Å²) in [7, 11) is 1.87. The molecular weight excluding hydrogens is 1180 g/mol. The number of rotatable bonds is 18. The minimum Gasteiger partial charge on any atom is -0.508 e. The monoisotopic (exact) mass is 1260 g/mol. The van der Waals surface area contributed by atoms with E-state index < -0.39 is 114 Å². The number of phenolic OH excluding ortho intramolecular Hbond substituents is 1. The van der Waals surface area contributed by atoms with Gasteiger partial charge in [-0.25, -0.2) is 4.79 Å². The van der Waals surface area contributed by atoms with Crippen molar-refractivity contribution in [3.63, 3.8) is 0 Å². The van der Waals surface area contributed by atoms with Gasteiger partial charge < -0.3 is 80.0 Å². The summed E-state index contributed by atoms with van der Waals surface area (Å²) in [4.78, 5) is 133. The molecule has 0 saturated carbocycles. The van der Waals surface area contributed by atoms with E-state index in [0.717, 1.165) is 21.6 Å². The molecule has 1 saturated heterocycles. The van der Waals surface area contributed by atoms with E-state index in [1.54, 1.807) is 109 Å². The molecular formula is C63H76N12O12S2. The number of benzene rings is 5. The number of nitrogen functional groups attached to an aromatic ring is 1. The van der Waals surface area contributed by atoms with Crippen molar-refractivity contribution >= 4 is 91.4 Å². The van der Waals surface area contributed by atoms with Gasteiger partial charge in [-0.05, 0) is 97.3 Å². The van der Waals surface area contributed by atoms with Gasteiger partial charge in [-0.2, -0.15) is 0 Å². The molecule has 24 nitrogen and oxygen atoms in total. The fourth-order valence-corrected chi connectivity index (χ4v) is 12.2. The topological polar surface area (TPSA) is 404 Å². The molecule has 1 aromatic heterocycles. The number of carboxylic acid groups (broad SMARTS) is 1. The molecule has 0 aliphatic carbocycles. The van der Waals surface area contributed by atoms with Crippen molar-refractivity contribution in [1.82, 2.24) is 47.5 Å². The van der Waals surface area contributed by atoms with E-state index in [1.165, 1.54) is 19.1 Å². The summed E-state index contributed by atoms with van der Waals surface area (Å²) in [5.41, 5.74) is 22.3. The van der Waals surface area contributed by atoms with E-state index in [2.05, 4.69) is 47.5 Å². The minimum atomic E-state index is -1.75. The standard InChI is InChI=1S/C63H76N12O12S2/c1-36(76)54-62(85)72-50(30-38-14-6-3-7-15-38)59(82)74-53(63(86)87)35-89-88-34-52(73-55(78)45(66)28-39-21-25-43(77)26-22-39)61(84)70-48(29-37-12-4-2-5-13-37)57(80)69-49(31-40-19-23-42(65)24-20-40)58(81)71-51(32-41-33-67-46-17-9-8-16-44(41)46)60(83)68-47(56(79)75-54)18-10-11-27-64/h2-9,12-17,19-26,33,36,45,47-54,67,76-77H,10-11,18,27-32,34-35,64-66H2,1H3,(H,68,83)(H,69,80)(H,70,84)(H,71,81)(H,72,85)(H,73,78)(H,74,82)(H,75,79)(H,86,87)/t36-,45+,47+,48+,49+,50+,51-,52+,53+,54+/m1/s1. The summed E-state index contributed by atoms with van der Waals surface area (Å²) < 4.78 is 0. The molecule has 89 heavy (non-hydrogen) atoms. The van der Waals surface area contributed by atoms with Gasteiger partial charge in [-0.3, -0.25) is 38.4 Å². The van der Waals surface area contributed by atoms with Crippen molar-refractivity contribution in [2.75, 3.05) is 23.8 Å². The Morgan fingerprint density at radius 2 is 1.06 bits per heavy atom. The van der Waals surface area contributed by atoms with Crippen LogP contribution >= 0.6 is 21.6 Å². The number of phenols is 1. The third kappa shape index (κ3) is 20.6. The van der Waals surface area contributed by atoms with Gasteiger partial charge in [0.25, 0.3) is 0 Å². The first-order valence-electron chi connectivity index (χ1n) is 29.0. The third-order valence-corrected chi connectivity index (χ3v) is 17.2. The van der Waals surface area contributed by atoms with Crippen molar-refractivity contribution in [1.29, 1.82) is 0 Å². The molecule has 5 aromatic carbocycles. The Hall–Kier alpha value is -8.95. The van der Waals surface area contributed by atoms with Gasteiger partial charge in [0.1, 0.15) is 54.1 Å². The summed E-state index contributed by atoms with van der Waals surface area (Å²) >= 11 is 0. The van der Waals surface area contributed by atoms with Crippen molar-refractivity contribution in [2.45, 2.75) is 119 Å². The molecule has 7 rings (SSSR count). The lowest BCUT2D eigenvalue weighted by Gasteiger charge is -2.29. The quantitative estimate of drug-likeness (QED) is 0.0326. The summed E-state index contributed by atoms with van der Waals surface area (Å²) in [6.07, 6.45) is 0.0568. The number of aromatic amines is 1. The summed E-state index contributed by atoms with van der Waals surface area (Å²) in [6.45, 7) is 1.45. The molecule has 1 aliphatic heterocycles. The predicted octanol–water partition coefficient (Wildman–Crippen LogP) is 1.16. The first kappa shape index (κ1) is 67.6. The van der Waals surface area contributed by atoms with Crippen LogP contribution in [0.4, 0.5) is 5.69 Å². The van der Waals surface area contributed by atoms with Crippen molar-refractivity contribution in [3.8, 4) is 5.75 Å². The predicted molar refractivity (Wildman–Crippen MR) is 339 cm³/mol. The van der Waals surface area contributed by atoms with Gasteiger partial charge in [0.05, 0.1) is 12.1 Å². The molecule has 2 heterocycles. The second-order valence-electron chi connectivity index (χ2n) is 21.7. The van der Waals surface area contributed by atoms with E-state index in [9.17, 15) is 44.1 Å². The van der Waals surface area contributed by atoms with Gasteiger partial charge in [-0.1, -0.05) is 125 Å². The van der Waals surface area contributed by atoms with Gasteiger partial charge >= 0.3 is 5.97 Å². The molecule has 0 radical (unpaired) electrons. The Balaban J connectivity index is 1.30. The smallest absolute Gasteiger partial charge is 0.327 e. The Kier molecular flexibility index (Phi) is 25.4. The maximum Gasteiger partial charge on any atom is 0.327 e. The number of para-hydroxylation sites is 1. The first-order valence-corrected chi connectivity index (χ1v) is 31.5. The number of aromatic nitrogens is 1. The Labute approximate surface area is 522 Å². The van der Waals surface area contributed by atoms with E-state index in [0.29, 0.717) is 57.2 Å². The average molecular weight is 1260 g/mol. The number of aliphatic hydroxyl groups excluding tert-OH is 1. The highest BCUT2D eigenvalue weighted by molar-refractivity contribution is 8.76. The fourth-order valence-electron chi connectivity index (χ4n) is 9.84. The number of carbonyl (C=O) groups is 9. The van der Waals surface area contributed by atoms with Gasteiger partial charge in [-0.15, -0.1) is 0 Å². The zero-order valence-corrected chi connectivity index (χ0v) is 50.5. The average Bonchev–Trinajstić information content (AvgIpc) is 3.67. The maximum atomic E-state index is 15.2. The number of hydrogen-bond acceptors (Lipinski definition) is 16. The largest absolute Gasteiger partial charge is 0.508 e. The maximum absolute atomic E-state index is 15.2. The number of fused-ring (bicyclic) bond motifs is 1. The number of anilines is 1. The van der Waals surface area contributed by atoms with Crippen LogP contribution in [0.1, 0.15) is 54.0 Å². The molecule has 26 heteroatoms. The molecule has 6 aromatic rings. The Bertz CT molecular complexity index is 3380. The highest BCUT2D eigenvalue weighted by Gasteiger charge is 2.37. The molecule has 1 fully saturated rings. The van der Waals surface area contributed by atoms with Crippen molar-refractivity contribution < 1.29 is 58.5 Å². The van der Waals surface area contributed by atoms with Crippen molar-refractivity contribution in [3.05, 3.63) is 167 Å². The number of hydrogen-bond donors (Lipinski definition) is 15. The Morgan fingerprint density at radius 1 is 0.573 bits per heavy atom. The highest BCUT2D eigenvalue weighted by Crippen LogP contribution is 2.25. The number of carboxylic acids is 1. The van der Waals surface area contributed by atoms with Crippen LogP contribution in [0.15, 0.2) is 140 Å². The molecule has 472 valence electrons. The number of aromatic hydroxyl groups is 1. The van der Waals surface area contributed by atoms with Gasteiger partial charge in [0, 0.05) is 60.0 Å². The van der Waals surface area contributed by atoms with Crippen LogP contribution in [-0.2, 0) is 75.3 Å². The van der Waals surface area contributed by atoms with E-state index in [4.69, 9.17) is 17.2 Å². The molecule has 0 bridgehead atoms. The van der Waals surface area contributed by atoms with Crippen LogP contribution in [0.3, 0.4) is 0 Å². The summed E-state index contributed by atoms with van der Waals surface area (Å²) in [6, 6.07) is 23.5. The van der Waals surface area contributed by atoms with Crippen LogP contribution in [0.2, 0.25) is 0 Å². The normalized spacial score (nSPS) is 22.2. The number of amides is 8. The number of aliphatic carboxylic acids is 1. The minimum absolute atomic E-state index is 0.0122. The van der Waals surface area contributed by atoms with Crippen molar-refractivity contribution in [2.24, 2.45) is 11.5 Å². The SMILES string of the molecule is C[C@@H](O)[C@@H]1NC(=O)[C@H](CCCCN)NC(=O)[C@@H](Cc2c[nH]c3ccccc23)NC(=O)[C@H](Cc2ccc(N)cc2)NC(=O)[C@H](Cc2ccccc2)NC(=O)[C@@H](NC(=O)[C@@H](N)Cc2ccc(O)cc2)CSSC[C@@H](C(=O)O)NC(=O)[C@H](Cc2ccccc2)NC1=O. The first-order chi connectivity index (χ1) is 42.7. The highest BCUT2D eigenvalue weighted by atomic mass is 33.1.